The monoisotopic (exact) mass is 373 g/mol. The molecular formula is C21H28ClN3O. The van der Waals surface area contributed by atoms with E-state index in [0.717, 1.165) is 23.5 Å². The van der Waals surface area contributed by atoms with Gasteiger partial charge in [0.05, 0.1) is 17.3 Å². The van der Waals surface area contributed by atoms with E-state index in [9.17, 15) is 4.79 Å². The van der Waals surface area contributed by atoms with Crippen LogP contribution in [0.1, 0.15) is 25.5 Å². The Morgan fingerprint density at radius 3 is 2.27 bits per heavy atom. The number of rotatable bonds is 3. The molecule has 0 fully saturated rings. The minimum atomic E-state index is -0.308. The maximum atomic E-state index is 13.3. The fraction of sp³-hybridized carbons (Fsp3) is 0.381. The van der Waals surface area contributed by atoms with Crippen LogP contribution in [0.2, 0.25) is 0 Å². The van der Waals surface area contributed by atoms with Crippen LogP contribution in [0.4, 0.5) is 11.4 Å². The Balaban J connectivity index is 0.00000243. The van der Waals surface area contributed by atoms with Crippen molar-refractivity contribution >= 4 is 29.7 Å². The highest BCUT2D eigenvalue weighted by atomic mass is 35.5. The number of halogens is 1. The van der Waals surface area contributed by atoms with E-state index in [1.807, 2.05) is 60.4 Å². The van der Waals surface area contributed by atoms with E-state index in [1.165, 1.54) is 0 Å². The van der Waals surface area contributed by atoms with Gasteiger partial charge in [0.25, 0.3) is 0 Å². The van der Waals surface area contributed by atoms with Gasteiger partial charge in [0, 0.05) is 26.2 Å². The van der Waals surface area contributed by atoms with Gasteiger partial charge in [0.1, 0.15) is 0 Å². The van der Waals surface area contributed by atoms with Gasteiger partial charge in [-0.3, -0.25) is 4.79 Å². The zero-order valence-electron chi connectivity index (χ0n) is 15.6. The maximum Gasteiger partial charge on any atom is 0.231 e. The number of anilines is 2. The standard InChI is InChI=1S/C21H27N3O.ClH/c1-15-13-23(3)18-11-7-8-12-19(18)24(14-15)21(25)16(2)20(22)17-9-5-4-6-10-17;/h4-12,15-16,20H,13-14,22H2,1-3H3;1H. The second kappa shape index (κ2) is 8.56. The number of hydrogen-bond donors (Lipinski definition) is 1. The molecule has 3 atom stereocenters. The molecule has 0 saturated heterocycles. The minimum absolute atomic E-state index is 0. The van der Waals surface area contributed by atoms with Crippen LogP contribution in [0.25, 0.3) is 0 Å². The van der Waals surface area contributed by atoms with E-state index in [4.69, 9.17) is 5.73 Å². The Morgan fingerprint density at radius 2 is 1.62 bits per heavy atom. The van der Waals surface area contributed by atoms with E-state index in [1.54, 1.807) is 0 Å². The molecule has 5 heteroatoms. The number of benzene rings is 2. The quantitative estimate of drug-likeness (QED) is 0.888. The number of nitrogens with two attached hydrogens (primary N) is 1. The Kier molecular flexibility index (Phi) is 6.68. The summed E-state index contributed by atoms with van der Waals surface area (Å²) in [5, 5.41) is 0. The summed E-state index contributed by atoms with van der Waals surface area (Å²) in [7, 11) is 2.09. The molecule has 140 valence electrons. The lowest BCUT2D eigenvalue weighted by atomic mass is 9.93. The predicted molar refractivity (Wildman–Crippen MR) is 111 cm³/mol. The van der Waals surface area contributed by atoms with Gasteiger partial charge >= 0.3 is 0 Å². The van der Waals surface area contributed by atoms with Crippen molar-refractivity contribution in [2.45, 2.75) is 19.9 Å². The van der Waals surface area contributed by atoms with E-state index in [2.05, 4.69) is 24.9 Å². The molecule has 0 saturated carbocycles. The first-order chi connectivity index (χ1) is 12.0. The molecule has 1 heterocycles. The number of nitrogens with zero attached hydrogens (tertiary/aromatic N) is 2. The molecule has 1 aliphatic rings. The largest absolute Gasteiger partial charge is 0.373 e. The summed E-state index contributed by atoms with van der Waals surface area (Å²) in [6.07, 6.45) is 0. The van der Waals surface area contributed by atoms with Gasteiger partial charge in [-0.25, -0.2) is 0 Å². The average Bonchev–Trinajstić information content (AvgIpc) is 2.77. The molecule has 4 nitrogen and oxygen atoms in total. The van der Waals surface area contributed by atoms with Crippen LogP contribution in [0, 0.1) is 11.8 Å². The molecule has 0 aromatic heterocycles. The van der Waals surface area contributed by atoms with Crippen molar-refractivity contribution in [3.63, 3.8) is 0 Å². The number of amides is 1. The molecule has 0 radical (unpaired) electrons. The first-order valence-corrected chi connectivity index (χ1v) is 8.91. The third-order valence-corrected chi connectivity index (χ3v) is 5.04. The Labute approximate surface area is 162 Å². The molecule has 2 aromatic carbocycles. The van der Waals surface area contributed by atoms with Crippen LogP contribution in [0.15, 0.2) is 54.6 Å². The lowest BCUT2D eigenvalue weighted by Crippen LogP contribution is -2.41. The Morgan fingerprint density at radius 1 is 1.04 bits per heavy atom. The van der Waals surface area contributed by atoms with Crippen molar-refractivity contribution in [1.82, 2.24) is 0 Å². The zero-order valence-corrected chi connectivity index (χ0v) is 16.4. The van der Waals surface area contributed by atoms with Gasteiger partial charge in [-0.15, -0.1) is 12.4 Å². The highest BCUT2D eigenvalue weighted by Crippen LogP contribution is 2.34. The lowest BCUT2D eigenvalue weighted by molar-refractivity contribution is -0.122. The molecule has 3 rings (SSSR count). The minimum Gasteiger partial charge on any atom is -0.373 e. The molecule has 0 bridgehead atoms. The zero-order chi connectivity index (χ0) is 18.0. The summed E-state index contributed by atoms with van der Waals surface area (Å²) >= 11 is 0. The first kappa shape index (κ1) is 20.3. The van der Waals surface area contributed by atoms with Crippen LogP contribution in [0.3, 0.4) is 0 Å². The van der Waals surface area contributed by atoms with Crippen molar-refractivity contribution in [3.8, 4) is 0 Å². The maximum absolute atomic E-state index is 13.3. The smallest absolute Gasteiger partial charge is 0.231 e. The third kappa shape index (κ3) is 4.02. The van der Waals surface area contributed by atoms with Gasteiger partial charge in [0.2, 0.25) is 5.91 Å². The second-order valence-corrected chi connectivity index (χ2v) is 7.15. The van der Waals surface area contributed by atoms with E-state index in [-0.39, 0.29) is 30.3 Å². The Hall–Kier alpha value is -2.04. The molecule has 1 aliphatic heterocycles. The normalized spacial score (nSPS) is 19.0. The molecule has 3 unspecified atom stereocenters. The topological polar surface area (TPSA) is 49.6 Å². The predicted octanol–water partition coefficient (Wildman–Crippen LogP) is 3.86. The summed E-state index contributed by atoms with van der Waals surface area (Å²) in [6.45, 7) is 5.76. The molecule has 0 spiro atoms. The van der Waals surface area contributed by atoms with Gasteiger partial charge < -0.3 is 15.5 Å². The number of carbonyl (C=O) groups excluding carboxylic acids is 1. The van der Waals surface area contributed by atoms with Gasteiger partial charge in [-0.2, -0.15) is 0 Å². The van der Waals surface area contributed by atoms with Gasteiger partial charge in [0.15, 0.2) is 0 Å². The van der Waals surface area contributed by atoms with Crippen LogP contribution in [-0.2, 0) is 4.79 Å². The SMILES string of the molecule is CC1CN(C)c2ccccc2N(C(=O)C(C)C(N)c2ccccc2)C1.Cl. The van der Waals surface area contributed by atoms with Gasteiger partial charge in [-0.1, -0.05) is 56.3 Å². The molecule has 2 aromatic rings. The highest BCUT2D eigenvalue weighted by molar-refractivity contribution is 5.98. The third-order valence-electron chi connectivity index (χ3n) is 5.04. The summed E-state index contributed by atoms with van der Waals surface area (Å²) in [4.78, 5) is 17.5. The van der Waals surface area contributed by atoms with Crippen LogP contribution < -0.4 is 15.5 Å². The molecular weight excluding hydrogens is 346 g/mol. The van der Waals surface area contributed by atoms with Crippen molar-refractivity contribution < 1.29 is 4.79 Å². The van der Waals surface area contributed by atoms with Crippen LogP contribution >= 0.6 is 12.4 Å². The van der Waals surface area contributed by atoms with Gasteiger partial charge in [-0.05, 0) is 23.6 Å². The number of hydrogen-bond acceptors (Lipinski definition) is 3. The van der Waals surface area contributed by atoms with Crippen molar-refractivity contribution in [2.75, 3.05) is 29.9 Å². The summed E-state index contributed by atoms with van der Waals surface area (Å²) < 4.78 is 0. The lowest BCUT2D eigenvalue weighted by Gasteiger charge is -2.29. The van der Waals surface area contributed by atoms with Crippen LogP contribution in [0.5, 0.6) is 0 Å². The van der Waals surface area contributed by atoms with E-state index in [0.29, 0.717) is 12.5 Å². The summed E-state index contributed by atoms with van der Waals surface area (Å²) in [5.41, 5.74) is 9.48. The Bertz CT molecular complexity index is 737. The van der Waals surface area contributed by atoms with Crippen molar-refractivity contribution in [3.05, 3.63) is 60.2 Å². The molecule has 2 N–H and O–H groups in total. The van der Waals surface area contributed by atoms with Crippen molar-refractivity contribution in [2.24, 2.45) is 17.6 Å². The second-order valence-electron chi connectivity index (χ2n) is 7.15. The summed E-state index contributed by atoms with van der Waals surface area (Å²) in [6, 6.07) is 17.7. The fourth-order valence-electron chi connectivity index (χ4n) is 3.62. The average molecular weight is 374 g/mol. The first-order valence-electron chi connectivity index (χ1n) is 8.91. The number of carbonyl (C=O) groups is 1. The summed E-state index contributed by atoms with van der Waals surface area (Å²) in [5.74, 6) is 0.193. The van der Waals surface area contributed by atoms with E-state index >= 15 is 0 Å². The highest BCUT2D eigenvalue weighted by Gasteiger charge is 2.32. The number of para-hydroxylation sites is 2. The molecule has 1 amide bonds. The number of fused-ring (bicyclic) bond motifs is 1. The fourth-order valence-corrected chi connectivity index (χ4v) is 3.62. The van der Waals surface area contributed by atoms with Crippen LogP contribution in [-0.4, -0.2) is 26.0 Å². The van der Waals surface area contributed by atoms with Crippen molar-refractivity contribution in [1.29, 1.82) is 0 Å². The molecule has 26 heavy (non-hydrogen) atoms. The van der Waals surface area contributed by atoms with E-state index < -0.39 is 0 Å². The molecule has 0 aliphatic carbocycles.